The van der Waals surface area contributed by atoms with Crippen LogP contribution < -0.4 is 4.90 Å². The van der Waals surface area contributed by atoms with Gasteiger partial charge in [-0.2, -0.15) is 0 Å². The molecule has 1 aliphatic rings. The van der Waals surface area contributed by atoms with Gasteiger partial charge in [-0.3, -0.25) is 0 Å². The summed E-state index contributed by atoms with van der Waals surface area (Å²) in [6.07, 6.45) is 2.23. The highest BCUT2D eigenvalue weighted by Gasteiger charge is 2.34. The van der Waals surface area contributed by atoms with Crippen molar-refractivity contribution in [3.8, 4) is 0 Å². The second kappa shape index (κ2) is 4.63. The topological polar surface area (TPSA) is 56.6 Å². The Bertz CT molecular complexity index is 393. The Morgan fingerprint density at radius 2 is 2.29 bits per heavy atom. The fraction of sp³-hybridized carbons (Fsp3) is 0.615. The summed E-state index contributed by atoms with van der Waals surface area (Å²) in [6.45, 7) is 5.78. The zero-order valence-electron chi connectivity index (χ0n) is 10.4. The van der Waals surface area contributed by atoms with Gasteiger partial charge in [-0.15, -0.1) is 0 Å². The van der Waals surface area contributed by atoms with Gasteiger partial charge in [0.15, 0.2) is 0 Å². The second-order valence-corrected chi connectivity index (χ2v) is 5.40. The summed E-state index contributed by atoms with van der Waals surface area (Å²) in [5, 5.41) is 19.0. The number of aromatic nitrogens is 1. The molecule has 2 N–H and O–H groups in total. The van der Waals surface area contributed by atoms with E-state index in [0.717, 1.165) is 30.9 Å². The average molecular weight is 236 g/mol. The van der Waals surface area contributed by atoms with E-state index in [0.29, 0.717) is 0 Å². The first-order valence-corrected chi connectivity index (χ1v) is 6.02. The molecule has 1 fully saturated rings. The number of piperidine rings is 1. The number of hydrogen-bond acceptors (Lipinski definition) is 4. The third-order valence-corrected chi connectivity index (χ3v) is 3.49. The van der Waals surface area contributed by atoms with Gasteiger partial charge in [-0.1, -0.05) is 13.8 Å². The van der Waals surface area contributed by atoms with Crippen molar-refractivity contribution in [1.29, 1.82) is 0 Å². The molecule has 4 nitrogen and oxygen atoms in total. The maximum absolute atomic E-state index is 9.92. The van der Waals surface area contributed by atoms with Crippen molar-refractivity contribution in [3.63, 3.8) is 0 Å². The molecule has 0 saturated carbocycles. The lowest BCUT2D eigenvalue weighted by Gasteiger charge is -2.42. The molecule has 2 rings (SSSR count). The van der Waals surface area contributed by atoms with Crippen molar-refractivity contribution in [2.75, 3.05) is 18.0 Å². The Labute approximate surface area is 102 Å². The number of nitrogens with zero attached hydrogens (tertiary/aromatic N) is 2. The van der Waals surface area contributed by atoms with Crippen LogP contribution in [0.1, 0.15) is 25.8 Å². The van der Waals surface area contributed by atoms with E-state index in [9.17, 15) is 5.11 Å². The van der Waals surface area contributed by atoms with Gasteiger partial charge in [0.2, 0.25) is 0 Å². The fourth-order valence-corrected chi connectivity index (χ4v) is 2.27. The summed E-state index contributed by atoms with van der Waals surface area (Å²) in [4.78, 5) is 6.51. The van der Waals surface area contributed by atoms with Gasteiger partial charge < -0.3 is 15.1 Å². The number of anilines is 1. The highest BCUT2D eigenvalue weighted by atomic mass is 16.3. The van der Waals surface area contributed by atoms with Crippen molar-refractivity contribution in [3.05, 3.63) is 23.9 Å². The molecule has 1 atom stereocenters. The molecule has 1 unspecified atom stereocenters. The minimum atomic E-state index is -0.250. The lowest BCUT2D eigenvalue weighted by Crippen LogP contribution is -2.48. The summed E-state index contributed by atoms with van der Waals surface area (Å²) >= 11 is 0. The van der Waals surface area contributed by atoms with Crippen LogP contribution in [0.5, 0.6) is 0 Å². The van der Waals surface area contributed by atoms with E-state index < -0.39 is 0 Å². The van der Waals surface area contributed by atoms with E-state index >= 15 is 0 Å². The van der Waals surface area contributed by atoms with Crippen LogP contribution in [-0.2, 0) is 6.61 Å². The predicted octanol–water partition coefficient (Wildman–Crippen LogP) is 1.17. The Hall–Kier alpha value is -1.13. The molecule has 17 heavy (non-hydrogen) atoms. The number of aliphatic hydroxyl groups is 2. The summed E-state index contributed by atoms with van der Waals surface area (Å²) < 4.78 is 0. The largest absolute Gasteiger partial charge is 0.392 e. The van der Waals surface area contributed by atoms with Gasteiger partial charge in [-0.25, -0.2) is 4.98 Å². The molecule has 4 heteroatoms. The summed E-state index contributed by atoms with van der Waals surface area (Å²) in [5.41, 5.74) is 0.758. The highest BCUT2D eigenvalue weighted by Crippen LogP contribution is 2.31. The number of aliphatic hydroxyl groups excluding tert-OH is 2. The smallest absolute Gasteiger partial charge is 0.128 e. The van der Waals surface area contributed by atoms with Gasteiger partial charge in [0.1, 0.15) is 5.82 Å². The maximum atomic E-state index is 9.92. The second-order valence-electron chi connectivity index (χ2n) is 5.40. The van der Waals surface area contributed by atoms with E-state index in [2.05, 4.69) is 23.7 Å². The normalized spacial score (nSPS) is 23.8. The molecular formula is C13H20N2O2. The average Bonchev–Trinajstić information content (AvgIpc) is 2.32. The summed E-state index contributed by atoms with van der Waals surface area (Å²) in [5.74, 6) is 0.886. The zero-order valence-corrected chi connectivity index (χ0v) is 10.4. The van der Waals surface area contributed by atoms with E-state index in [1.165, 1.54) is 0 Å². The quantitative estimate of drug-likeness (QED) is 0.809. The maximum Gasteiger partial charge on any atom is 0.128 e. The zero-order chi connectivity index (χ0) is 12.5. The minimum absolute atomic E-state index is 0.0371. The lowest BCUT2D eigenvalue weighted by atomic mass is 9.81. The van der Waals surface area contributed by atoms with Gasteiger partial charge in [0.25, 0.3) is 0 Å². The monoisotopic (exact) mass is 236 g/mol. The molecule has 1 aliphatic heterocycles. The van der Waals surface area contributed by atoms with Gasteiger partial charge >= 0.3 is 0 Å². The molecule has 0 radical (unpaired) electrons. The first kappa shape index (κ1) is 12.3. The Balaban J connectivity index is 2.17. The number of pyridine rings is 1. The van der Waals surface area contributed by atoms with Crippen LogP contribution in [0.15, 0.2) is 18.3 Å². The van der Waals surface area contributed by atoms with E-state index in [1.807, 2.05) is 12.1 Å². The molecule has 1 saturated heterocycles. The third-order valence-electron chi connectivity index (χ3n) is 3.49. The molecule has 0 aliphatic carbocycles. The van der Waals surface area contributed by atoms with Crippen molar-refractivity contribution in [2.45, 2.75) is 33.0 Å². The van der Waals surface area contributed by atoms with Crippen LogP contribution >= 0.6 is 0 Å². The molecule has 1 aromatic rings. The minimum Gasteiger partial charge on any atom is -0.392 e. The SMILES string of the molecule is CC1(C)CN(c2cc(CO)ccn2)CCC1O. The van der Waals surface area contributed by atoms with E-state index in [1.54, 1.807) is 6.20 Å². The van der Waals surface area contributed by atoms with Gasteiger partial charge in [-0.05, 0) is 24.1 Å². The van der Waals surface area contributed by atoms with Crippen LogP contribution in [0.3, 0.4) is 0 Å². The molecule has 0 aromatic carbocycles. The fourth-order valence-electron chi connectivity index (χ4n) is 2.27. The summed E-state index contributed by atoms with van der Waals surface area (Å²) in [6, 6.07) is 3.72. The van der Waals surface area contributed by atoms with Crippen LogP contribution in [-0.4, -0.2) is 34.4 Å². The predicted molar refractivity (Wildman–Crippen MR) is 66.8 cm³/mol. The Kier molecular flexibility index (Phi) is 3.35. The molecule has 1 aromatic heterocycles. The van der Waals surface area contributed by atoms with Crippen molar-refractivity contribution in [1.82, 2.24) is 4.98 Å². The summed E-state index contributed by atoms with van der Waals surface area (Å²) in [7, 11) is 0. The van der Waals surface area contributed by atoms with Crippen molar-refractivity contribution >= 4 is 5.82 Å². The highest BCUT2D eigenvalue weighted by molar-refractivity contribution is 5.41. The van der Waals surface area contributed by atoms with Crippen LogP contribution in [0.2, 0.25) is 0 Å². The first-order valence-electron chi connectivity index (χ1n) is 6.02. The van der Waals surface area contributed by atoms with Crippen molar-refractivity contribution < 1.29 is 10.2 Å². The molecule has 0 amide bonds. The van der Waals surface area contributed by atoms with Crippen LogP contribution in [0.25, 0.3) is 0 Å². The van der Waals surface area contributed by atoms with Crippen molar-refractivity contribution in [2.24, 2.45) is 5.41 Å². The Morgan fingerprint density at radius 3 is 2.94 bits per heavy atom. The number of rotatable bonds is 2. The lowest BCUT2D eigenvalue weighted by molar-refractivity contribution is 0.0334. The molecule has 0 bridgehead atoms. The van der Waals surface area contributed by atoms with Crippen LogP contribution in [0.4, 0.5) is 5.82 Å². The number of hydrogen-bond donors (Lipinski definition) is 2. The third kappa shape index (κ3) is 2.58. The van der Waals surface area contributed by atoms with E-state index in [-0.39, 0.29) is 18.1 Å². The molecule has 94 valence electrons. The van der Waals surface area contributed by atoms with Gasteiger partial charge in [0, 0.05) is 24.7 Å². The van der Waals surface area contributed by atoms with Gasteiger partial charge in [0.05, 0.1) is 12.7 Å². The molecule has 0 spiro atoms. The van der Waals surface area contributed by atoms with Crippen LogP contribution in [0, 0.1) is 5.41 Å². The molecule has 2 heterocycles. The Morgan fingerprint density at radius 1 is 1.53 bits per heavy atom. The molecular weight excluding hydrogens is 216 g/mol. The first-order chi connectivity index (χ1) is 8.03. The standard InChI is InChI=1S/C13H20N2O2/c1-13(2)9-15(6-4-11(13)17)12-7-10(8-16)3-5-14-12/h3,5,7,11,16-17H,4,6,8-9H2,1-2H3. The van der Waals surface area contributed by atoms with E-state index in [4.69, 9.17) is 5.11 Å².